The van der Waals surface area contributed by atoms with Crippen molar-refractivity contribution in [3.8, 4) is 11.1 Å². The minimum atomic E-state index is -0.569. The van der Waals surface area contributed by atoms with Crippen LogP contribution in [0.4, 0.5) is 0 Å². The van der Waals surface area contributed by atoms with Gasteiger partial charge in [-0.3, -0.25) is 14.8 Å². The Morgan fingerprint density at radius 3 is 2.41 bits per heavy atom. The second-order valence-corrected chi connectivity index (χ2v) is 12.9. The number of aromatic nitrogens is 3. The Morgan fingerprint density at radius 2 is 1.61 bits per heavy atom. The van der Waals surface area contributed by atoms with E-state index in [4.69, 9.17) is 9.47 Å². The fraction of sp³-hybridized carbons (Fsp3) is 0.238. The topological polar surface area (TPSA) is 110 Å². The maximum Gasteiger partial charge on any atom is 0.271 e. The summed E-state index contributed by atoms with van der Waals surface area (Å²) in [5.41, 5.74) is 8.64. The highest BCUT2D eigenvalue weighted by Gasteiger charge is 2.33. The SMILES string of the molecule is CN(CCc1ccccn1)C[C@@H]1C[C@H](c2ccc(CO)cc2)O[C@H](c2cccc(-c3cccc(CNC(=O)c4cnc5ccccc5n4)c3)c2)O1. The summed E-state index contributed by atoms with van der Waals surface area (Å²) in [6.07, 6.45) is 4.10. The zero-order valence-electron chi connectivity index (χ0n) is 28.6. The number of amides is 1. The van der Waals surface area contributed by atoms with E-state index in [2.05, 4.69) is 62.5 Å². The Hall–Kier alpha value is -5.32. The molecule has 6 aromatic rings. The number of pyridine rings is 1. The van der Waals surface area contributed by atoms with Crippen molar-refractivity contribution >= 4 is 16.9 Å². The minimum Gasteiger partial charge on any atom is -0.392 e. The summed E-state index contributed by atoms with van der Waals surface area (Å²) in [6, 6.07) is 37.9. The fourth-order valence-corrected chi connectivity index (χ4v) is 6.39. The Balaban J connectivity index is 1.06. The van der Waals surface area contributed by atoms with Crippen molar-refractivity contribution in [1.82, 2.24) is 25.2 Å². The number of likely N-dealkylation sites (N-methyl/N-ethyl adjacent to an activating group) is 1. The summed E-state index contributed by atoms with van der Waals surface area (Å²) in [5, 5.41) is 12.6. The van der Waals surface area contributed by atoms with Crippen LogP contribution in [-0.4, -0.2) is 57.1 Å². The Bertz CT molecular complexity index is 2070. The van der Waals surface area contributed by atoms with Gasteiger partial charge in [0.25, 0.3) is 5.91 Å². The van der Waals surface area contributed by atoms with E-state index in [1.54, 1.807) is 0 Å². The van der Waals surface area contributed by atoms with E-state index in [-0.39, 0.29) is 30.4 Å². The van der Waals surface area contributed by atoms with Gasteiger partial charge in [-0.15, -0.1) is 0 Å². The summed E-state index contributed by atoms with van der Waals surface area (Å²) >= 11 is 0. The molecule has 2 N–H and O–H groups in total. The van der Waals surface area contributed by atoms with Crippen LogP contribution in [-0.2, 0) is 29.0 Å². The molecule has 1 fully saturated rings. The third-order valence-corrected chi connectivity index (χ3v) is 9.16. The molecule has 9 heteroatoms. The third-order valence-electron chi connectivity index (χ3n) is 9.16. The number of ether oxygens (including phenoxy) is 2. The van der Waals surface area contributed by atoms with E-state index in [9.17, 15) is 9.90 Å². The first-order valence-electron chi connectivity index (χ1n) is 17.3. The van der Waals surface area contributed by atoms with Crippen LogP contribution in [0.2, 0.25) is 0 Å². The first-order valence-corrected chi connectivity index (χ1v) is 17.3. The zero-order valence-corrected chi connectivity index (χ0v) is 28.6. The summed E-state index contributed by atoms with van der Waals surface area (Å²) in [4.78, 5) is 28.5. The molecular weight excluding hydrogens is 638 g/mol. The van der Waals surface area contributed by atoms with Gasteiger partial charge >= 0.3 is 0 Å². The second-order valence-electron chi connectivity index (χ2n) is 12.9. The molecule has 0 bridgehead atoms. The molecule has 3 heterocycles. The normalized spacial score (nSPS) is 17.4. The lowest BCUT2D eigenvalue weighted by Gasteiger charge is -2.38. The number of nitrogens with zero attached hydrogens (tertiary/aromatic N) is 4. The molecule has 0 spiro atoms. The molecule has 4 aromatic carbocycles. The van der Waals surface area contributed by atoms with Crippen molar-refractivity contribution in [3.63, 3.8) is 0 Å². The lowest BCUT2D eigenvalue weighted by atomic mass is 9.98. The van der Waals surface area contributed by atoms with Gasteiger partial charge in [0.05, 0.1) is 36.0 Å². The molecule has 1 amide bonds. The molecule has 51 heavy (non-hydrogen) atoms. The minimum absolute atomic E-state index is 0.000726. The lowest BCUT2D eigenvalue weighted by molar-refractivity contribution is -0.252. The van der Waals surface area contributed by atoms with Crippen LogP contribution in [0, 0.1) is 0 Å². The van der Waals surface area contributed by atoms with Crippen molar-refractivity contribution in [3.05, 3.63) is 161 Å². The maximum absolute atomic E-state index is 12.9. The van der Waals surface area contributed by atoms with E-state index in [1.165, 1.54) is 6.20 Å². The predicted molar refractivity (Wildman–Crippen MR) is 196 cm³/mol. The summed E-state index contributed by atoms with van der Waals surface area (Å²) < 4.78 is 13.3. The molecule has 0 saturated carbocycles. The van der Waals surface area contributed by atoms with Gasteiger partial charge in [0.2, 0.25) is 0 Å². The number of carbonyl (C=O) groups is 1. The maximum atomic E-state index is 12.9. The van der Waals surface area contributed by atoms with E-state index in [0.29, 0.717) is 18.5 Å². The van der Waals surface area contributed by atoms with Gasteiger partial charge in [-0.2, -0.15) is 0 Å². The van der Waals surface area contributed by atoms with Crippen LogP contribution in [0.3, 0.4) is 0 Å². The number of carbonyl (C=O) groups excluding carboxylic acids is 1. The average molecular weight is 680 g/mol. The predicted octanol–water partition coefficient (Wildman–Crippen LogP) is 6.83. The van der Waals surface area contributed by atoms with Crippen molar-refractivity contribution < 1.29 is 19.4 Å². The molecule has 1 aliphatic rings. The molecule has 3 atom stereocenters. The van der Waals surface area contributed by atoms with Gasteiger partial charge in [-0.1, -0.05) is 78.9 Å². The molecule has 7 rings (SSSR count). The highest BCUT2D eigenvalue weighted by Crippen LogP contribution is 2.39. The number of benzene rings is 4. The molecule has 258 valence electrons. The van der Waals surface area contributed by atoms with Crippen LogP contribution in [0.1, 0.15) is 57.3 Å². The monoisotopic (exact) mass is 679 g/mol. The van der Waals surface area contributed by atoms with Crippen molar-refractivity contribution in [2.24, 2.45) is 0 Å². The number of fused-ring (bicyclic) bond motifs is 1. The highest BCUT2D eigenvalue weighted by atomic mass is 16.7. The van der Waals surface area contributed by atoms with Crippen LogP contribution in [0.5, 0.6) is 0 Å². The molecule has 0 unspecified atom stereocenters. The van der Waals surface area contributed by atoms with Crippen LogP contribution < -0.4 is 5.32 Å². The van der Waals surface area contributed by atoms with Gasteiger partial charge in [-0.05, 0) is 71.3 Å². The quantitative estimate of drug-likeness (QED) is 0.145. The Labute approximate surface area is 298 Å². The number of hydrogen-bond donors (Lipinski definition) is 2. The van der Waals surface area contributed by atoms with Crippen molar-refractivity contribution in [2.75, 3.05) is 20.1 Å². The molecule has 1 saturated heterocycles. The summed E-state index contributed by atoms with van der Waals surface area (Å²) in [5.74, 6) is -0.273. The van der Waals surface area contributed by atoms with E-state index in [1.807, 2.05) is 91.1 Å². The van der Waals surface area contributed by atoms with E-state index < -0.39 is 6.29 Å². The molecule has 0 radical (unpaired) electrons. The Kier molecular flexibility index (Phi) is 10.8. The van der Waals surface area contributed by atoms with Gasteiger partial charge in [-0.25, -0.2) is 4.98 Å². The largest absolute Gasteiger partial charge is 0.392 e. The smallest absolute Gasteiger partial charge is 0.271 e. The lowest BCUT2D eigenvalue weighted by Crippen LogP contribution is -2.38. The third kappa shape index (κ3) is 8.71. The average Bonchev–Trinajstić information content (AvgIpc) is 3.19. The number of aliphatic hydroxyl groups is 1. The molecule has 1 aliphatic heterocycles. The first kappa shape index (κ1) is 34.1. The Morgan fingerprint density at radius 1 is 0.824 bits per heavy atom. The van der Waals surface area contributed by atoms with Crippen LogP contribution in [0.15, 0.2) is 128 Å². The number of aliphatic hydroxyl groups excluding tert-OH is 1. The number of rotatable bonds is 12. The molecule has 0 aliphatic carbocycles. The molecule has 2 aromatic heterocycles. The van der Waals surface area contributed by atoms with Crippen LogP contribution in [0.25, 0.3) is 22.2 Å². The van der Waals surface area contributed by atoms with Crippen molar-refractivity contribution in [2.45, 2.75) is 44.5 Å². The molecular formula is C42H41N5O4. The van der Waals surface area contributed by atoms with Gasteiger partial charge in [0.1, 0.15) is 5.69 Å². The fourth-order valence-electron chi connectivity index (χ4n) is 6.39. The summed E-state index contributed by atoms with van der Waals surface area (Å²) in [7, 11) is 2.12. The first-order chi connectivity index (χ1) is 25.0. The van der Waals surface area contributed by atoms with Gasteiger partial charge < -0.3 is 24.8 Å². The zero-order chi connectivity index (χ0) is 35.0. The second kappa shape index (κ2) is 16.1. The van der Waals surface area contributed by atoms with Gasteiger partial charge in [0, 0.05) is 49.9 Å². The standard InChI is InChI=1S/C42H41N5O4/c1-47(21-19-35-12-4-5-20-43-35)27-36-24-40(31-17-15-29(28-48)16-18-31)51-42(50-36)34-11-7-10-33(23-34)32-9-6-8-30(22-32)25-45-41(49)39-26-44-37-13-2-3-14-38(37)46-39/h2-18,20,22-23,26,36,40,42,48H,19,21,24-25,27-28H2,1H3,(H,45,49)/t36-,40+,42+/m0/s1. The van der Waals surface area contributed by atoms with Gasteiger partial charge in [0.15, 0.2) is 6.29 Å². The summed E-state index contributed by atoms with van der Waals surface area (Å²) in [6.45, 7) is 1.96. The van der Waals surface area contributed by atoms with E-state index in [0.717, 1.165) is 64.1 Å². The van der Waals surface area contributed by atoms with E-state index >= 15 is 0 Å². The molecule has 9 nitrogen and oxygen atoms in total. The van der Waals surface area contributed by atoms with Crippen LogP contribution >= 0.6 is 0 Å². The van der Waals surface area contributed by atoms with Crippen molar-refractivity contribution in [1.29, 1.82) is 0 Å². The number of hydrogen-bond acceptors (Lipinski definition) is 8. The number of para-hydroxylation sites is 2. The highest BCUT2D eigenvalue weighted by molar-refractivity contribution is 5.93. The number of nitrogens with one attached hydrogen (secondary N) is 1.